The molecule has 0 aromatic heterocycles. The van der Waals surface area contributed by atoms with Crippen molar-refractivity contribution in [2.75, 3.05) is 5.73 Å². The Hall–Kier alpha value is -2.17. The number of carboxylic acids is 1. The number of aromatic carboxylic acids is 1. The Kier molecular flexibility index (Phi) is 1.45. The normalized spacial score (nSPS) is 10.9. The first kappa shape index (κ1) is 8.43. The minimum Gasteiger partial charge on any atom is -0.478 e. The monoisotopic (exact) mass is 191 g/mol. The first-order chi connectivity index (χ1) is 6.54. The van der Waals surface area contributed by atoms with E-state index < -0.39 is 16.8 Å². The van der Waals surface area contributed by atoms with Gasteiger partial charge in [0.15, 0.2) is 0 Å². The van der Waals surface area contributed by atoms with Crippen LogP contribution in [-0.4, -0.2) is 11.1 Å². The average molecular weight is 191 g/mol. The van der Waals surface area contributed by atoms with E-state index in [1.54, 1.807) is 0 Å². The van der Waals surface area contributed by atoms with Crippen LogP contribution in [0.3, 0.4) is 0 Å². The first-order valence-electron chi connectivity index (χ1n) is 3.79. The minimum atomic E-state index is -1.23. The summed E-state index contributed by atoms with van der Waals surface area (Å²) in [5, 5.41) is 8.68. The molecule has 0 aliphatic heterocycles. The number of benzene rings is 1. The van der Waals surface area contributed by atoms with E-state index in [1.807, 2.05) is 0 Å². The van der Waals surface area contributed by atoms with E-state index in [2.05, 4.69) is 0 Å². The second kappa shape index (κ2) is 2.41. The predicted molar refractivity (Wildman–Crippen MR) is 50.2 cm³/mol. The van der Waals surface area contributed by atoms with Crippen LogP contribution in [0.25, 0.3) is 10.8 Å². The summed E-state index contributed by atoms with van der Waals surface area (Å²) in [5.41, 5.74) is 3.93. The van der Waals surface area contributed by atoms with Gasteiger partial charge < -0.3 is 10.8 Å². The minimum absolute atomic E-state index is 0.0369. The number of carboxylic acid groups (broad SMARTS) is 1. The highest BCUT2D eigenvalue weighted by Gasteiger charge is 2.21. The molecule has 0 radical (unpaired) electrons. The molecule has 0 heterocycles. The van der Waals surface area contributed by atoms with Crippen molar-refractivity contribution in [1.29, 1.82) is 0 Å². The molecule has 2 aromatic carbocycles. The van der Waals surface area contributed by atoms with Crippen LogP contribution < -0.4 is 16.6 Å². The van der Waals surface area contributed by atoms with Gasteiger partial charge in [-0.3, -0.25) is 9.59 Å². The fourth-order valence-electron chi connectivity index (χ4n) is 1.44. The maximum absolute atomic E-state index is 11.1. The smallest absolute Gasteiger partial charge is 0.336 e. The molecule has 0 atom stereocenters. The Morgan fingerprint density at radius 3 is 2.29 bits per heavy atom. The largest absolute Gasteiger partial charge is 0.478 e. The van der Waals surface area contributed by atoms with Crippen molar-refractivity contribution >= 4 is 22.4 Å². The summed E-state index contributed by atoms with van der Waals surface area (Å²) in [6.45, 7) is 0. The van der Waals surface area contributed by atoms with Gasteiger partial charge in [0.25, 0.3) is 0 Å². The van der Waals surface area contributed by atoms with Gasteiger partial charge in [-0.05, 0) is 12.1 Å². The molecule has 5 nitrogen and oxygen atoms in total. The van der Waals surface area contributed by atoms with Crippen molar-refractivity contribution in [3.8, 4) is 0 Å². The van der Waals surface area contributed by atoms with Crippen LogP contribution in [-0.2, 0) is 0 Å². The quantitative estimate of drug-likeness (QED) is 0.477. The first-order valence-corrected chi connectivity index (χ1v) is 3.79. The number of hydrogen-bond donors (Lipinski definition) is 2. The maximum Gasteiger partial charge on any atom is 0.336 e. The van der Waals surface area contributed by atoms with Crippen molar-refractivity contribution in [3.63, 3.8) is 0 Å². The number of nitrogens with two attached hydrogens (primary N) is 1. The highest BCUT2D eigenvalue weighted by molar-refractivity contribution is 6.09. The van der Waals surface area contributed by atoms with E-state index in [0.29, 0.717) is 0 Å². The summed E-state index contributed by atoms with van der Waals surface area (Å²) < 4.78 is 0. The van der Waals surface area contributed by atoms with Gasteiger partial charge in [0.2, 0.25) is 10.9 Å². The third-order valence-electron chi connectivity index (χ3n) is 2.13. The van der Waals surface area contributed by atoms with E-state index in [1.165, 1.54) is 12.1 Å². The van der Waals surface area contributed by atoms with Gasteiger partial charge in [-0.25, -0.2) is 4.79 Å². The number of anilines is 1. The lowest BCUT2D eigenvalue weighted by Crippen LogP contribution is -2.33. The number of carbonyl (C=O) groups is 1. The molecule has 5 heteroatoms. The fraction of sp³-hybridized carbons (Fsp3) is 0. The van der Waals surface area contributed by atoms with E-state index in [0.717, 1.165) is 0 Å². The summed E-state index contributed by atoms with van der Waals surface area (Å²) in [4.78, 5) is 32.8. The van der Waals surface area contributed by atoms with Crippen molar-refractivity contribution in [2.24, 2.45) is 0 Å². The summed E-state index contributed by atoms with van der Waals surface area (Å²) in [6, 6.07) is 2.54. The molecule has 2 aromatic rings. The number of rotatable bonds is 1. The van der Waals surface area contributed by atoms with E-state index >= 15 is 0 Å². The lowest BCUT2D eigenvalue weighted by Gasteiger charge is -2.05. The van der Waals surface area contributed by atoms with Gasteiger partial charge in [0.1, 0.15) is 0 Å². The van der Waals surface area contributed by atoms with Crippen LogP contribution in [0.4, 0.5) is 5.69 Å². The molecule has 0 saturated heterocycles. The Morgan fingerprint density at radius 1 is 1.14 bits per heavy atom. The van der Waals surface area contributed by atoms with Crippen molar-refractivity contribution in [2.45, 2.75) is 0 Å². The highest BCUT2D eigenvalue weighted by Crippen LogP contribution is 2.20. The van der Waals surface area contributed by atoms with Crippen LogP contribution in [0.5, 0.6) is 0 Å². The maximum atomic E-state index is 11.1. The highest BCUT2D eigenvalue weighted by atomic mass is 16.4. The Bertz CT molecular complexity index is 619. The molecule has 0 saturated carbocycles. The Labute approximate surface area is 77.1 Å². The Morgan fingerprint density at radius 2 is 1.71 bits per heavy atom. The van der Waals surface area contributed by atoms with Crippen molar-refractivity contribution < 1.29 is 9.90 Å². The summed E-state index contributed by atoms with van der Waals surface area (Å²) in [5.74, 6) is -1.23. The van der Waals surface area contributed by atoms with Crippen LogP contribution in [0.15, 0.2) is 21.7 Å². The molecule has 0 fully saturated rings. The molecule has 0 spiro atoms. The third kappa shape index (κ3) is 0.806. The molecular weight excluding hydrogens is 186 g/mol. The molecular formula is C9H5NO4. The van der Waals surface area contributed by atoms with Crippen molar-refractivity contribution in [1.82, 2.24) is 0 Å². The van der Waals surface area contributed by atoms with Gasteiger partial charge in [-0.1, -0.05) is 0 Å². The zero-order chi connectivity index (χ0) is 10.5. The molecule has 0 bridgehead atoms. The van der Waals surface area contributed by atoms with Crippen LogP contribution in [0.2, 0.25) is 0 Å². The van der Waals surface area contributed by atoms with Gasteiger partial charge in [0.05, 0.1) is 16.3 Å². The summed E-state index contributed by atoms with van der Waals surface area (Å²) in [7, 11) is 0. The number of hydrogen-bond acceptors (Lipinski definition) is 4. The van der Waals surface area contributed by atoms with Crippen LogP contribution in [0, 0.1) is 0 Å². The SMILES string of the molecule is Nc1ccc(C(=O)O)c2c(=O)c(=O)c12. The van der Waals surface area contributed by atoms with E-state index in [4.69, 9.17) is 10.8 Å². The zero-order valence-electron chi connectivity index (χ0n) is 6.90. The van der Waals surface area contributed by atoms with Gasteiger partial charge in [-0.15, -0.1) is 0 Å². The lowest BCUT2D eigenvalue weighted by molar-refractivity contribution is 0.0699. The standard InChI is InChI=1S/C9H5NO4/c10-4-2-1-3(9(13)14)5-6(4)8(12)7(5)11/h1-2H,10H2,(H,13,14). The number of nitrogen functional groups attached to an aromatic ring is 1. The second-order valence-electron chi connectivity index (χ2n) is 2.92. The summed E-state index contributed by atoms with van der Waals surface area (Å²) >= 11 is 0. The van der Waals surface area contributed by atoms with E-state index in [9.17, 15) is 14.4 Å². The molecule has 14 heavy (non-hydrogen) atoms. The van der Waals surface area contributed by atoms with E-state index in [-0.39, 0.29) is 22.0 Å². The lowest BCUT2D eigenvalue weighted by atomic mass is 9.98. The van der Waals surface area contributed by atoms with Gasteiger partial charge >= 0.3 is 5.97 Å². The molecule has 0 aliphatic carbocycles. The van der Waals surface area contributed by atoms with Crippen molar-refractivity contribution in [3.05, 3.63) is 38.1 Å². The molecule has 3 N–H and O–H groups in total. The van der Waals surface area contributed by atoms with Crippen LogP contribution >= 0.6 is 0 Å². The van der Waals surface area contributed by atoms with Crippen LogP contribution in [0.1, 0.15) is 10.4 Å². The molecule has 0 amide bonds. The fourth-order valence-corrected chi connectivity index (χ4v) is 1.44. The zero-order valence-corrected chi connectivity index (χ0v) is 6.90. The van der Waals surface area contributed by atoms with Gasteiger partial charge in [0, 0.05) is 5.69 Å². The predicted octanol–water partition coefficient (Wildman–Crippen LogP) is -0.284. The average Bonchev–Trinajstić information content (AvgIpc) is 2.15. The second-order valence-corrected chi connectivity index (χ2v) is 2.92. The third-order valence-corrected chi connectivity index (χ3v) is 2.13. The molecule has 0 aliphatic rings. The van der Waals surface area contributed by atoms with Gasteiger partial charge in [-0.2, -0.15) is 0 Å². The topological polar surface area (TPSA) is 97.5 Å². The summed E-state index contributed by atoms with van der Waals surface area (Å²) in [6.07, 6.45) is 0. The Balaban J connectivity index is 2.99. The number of fused-ring (bicyclic) bond motifs is 1. The molecule has 70 valence electrons. The molecule has 2 rings (SSSR count). The molecule has 0 unspecified atom stereocenters.